The number of nitrogens with zero attached hydrogens (tertiary/aromatic N) is 3. The number of anilines is 1. The third-order valence-electron chi connectivity index (χ3n) is 6.85. The van der Waals surface area contributed by atoms with E-state index in [-0.39, 0.29) is 36.2 Å². The van der Waals surface area contributed by atoms with Crippen molar-refractivity contribution in [2.24, 2.45) is 0 Å². The van der Waals surface area contributed by atoms with Crippen molar-refractivity contribution < 1.29 is 19.1 Å². The summed E-state index contributed by atoms with van der Waals surface area (Å²) in [5.41, 5.74) is 0.922. The van der Waals surface area contributed by atoms with Gasteiger partial charge < -0.3 is 20.3 Å². The van der Waals surface area contributed by atoms with Gasteiger partial charge >= 0.3 is 0 Å². The minimum atomic E-state index is -0.319. The lowest BCUT2D eigenvalue weighted by molar-refractivity contribution is -0.138. The highest BCUT2D eigenvalue weighted by atomic mass is 35.5. The molecule has 0 bridgehead atoms. The zero-order valence-corrected chi connectivity index (χ0v) is 21.4. The van der Waals surface area contributed by atoms with E-state index in [9.17, 15) is 14.4 Å². The Morgan fingerprint density at radius 1 is 1.14 bits per heavy atom. The van der Waals surface area contributed by atoms with Crippen molar-refractivity contribution in [3.63, 3.8) is 0 Å². The molecule has 36 heavy (non-hydrogen) atoms. The maximum atomic E-state index is 13.3. The summed E-state index contributed by atoms with van der Waals surface area (Å²) in [6.07, 6.45) is 4.74. The highest BCUT2D eigenvalue weighted by molar-refractivity contribution is 6.30. The summed E-state index contributed by atoms with van der Waals surface area (Å²) in [4.78, 5) is 46.5. The Hall–Kier alpha value is -3.17. The number of amides is 3. The number of carbonyl (C=O) groups is 3. The van der Waals surface area contributed by atoms with Gasteiger partial charge in [0.05, 0.1) is 25.1 Å². The Kier molecular flexibility index (Phi) is 8.43. The van der Waals surface area contributed by atoms with Crippen molar-refractivity contribution in [2.45, 2.75) is 44.2 Å². The smallest absolute Gasteiger partial charge is 0.251 e. The Bertz CT molecular complexity index is 1100. The van der Waals surface area contributed by atoms with Crippen LogP contribution < -0.4 is 15.4 Å². The largest absolute Gasteiger partial charge is 0.496 e. The van der Waals surface area contributed by atoms with E-state index < -0.39 is 0 Å². The maximum Gasteiger partial charge on any atom is 0.251 e. The van der Waals surface area contributed by atoms with Gasteiger partial charge in [0.1, 0.15) is 11.6 Å². The van der Waals surface area contributed by atoms with Gasteiger partial charge in [-0.25, -0.2) is 4.98 Å². The van der Waals surface area contributed by atoms with E-state index in [1.807, 2.05) is 16.8 Å². The average molecular weight is 514 g/mol. The molecule has 1 aliphatic carbocycles. The lowest BCUT2D eigenvalue weighted by atomic mass is 9.89. The number of pyridine rings is 1. The molecule has 3 amide bonds. The number of rotatable bonds is 7. The van der Waals surface area contributed by atoms with Crippen LogP contribution in [0.3, 0.4) is 0 Å². The number of piperazine rings is 1. The Balaban J connectivity index is 1.38. The minimum Gasteiger partial charge on any atom is -0.496 e. The first kappa shape index (κ1) is 25.9. The molecule has 10 heteroatoms. The zero-order valence-electron chi connectivity index (χ0n) is 20.6. The van der Waals surface area contributed by atoms with Gasteiger partial charge in [0.15, 0.2) is 0 Å². The van der Waals surface area contributed by atoms with Gasteiger partial charge in [-0.05, 0) is 57.0 Å². The Morgan fingerprint density at radius 2 is 1.92 bits per heavy atom. The number of ether oxygens (including phenoxy) is 1. The lowest BCUT2D eigenvalue weighted by Gasteiger charge is -2.41. The van der Waals surface area contributed by atoms with Crippen LogP contribution in [-0.2, 0) is 16.0 Å². The zero-order chi connectivity index (χ0) is 25.7. The Labute approximate surface area is 216 Å². The van der Waals surface area contributed by atoms with Crippen LogP contribution in [0.4, 0.5) is 5.82 Å². The molecule has 2 heterocycles. The van der Waals surface area contributed by atoms with Crippen LogP contribution >= 0.6 is 11.6 Å². The molecular formula is C26H32ClN5O4. The molecular weight excluding hydrogens is 482 g/mol. The standard InChI is InChI=1S/C26H32ClN5O4/c1-31-12-13-32(25(34)16-31)19-9-7-18(8-10-19)29-26(35)20-4-3-5-22(36-2)21(20)14-24(33)30-23-11-6-17(27)15-28-23/h3-6,11,15,18-19H,7-10,12-14,16H2,1-2H3,(H,29,35)(H,28,30,33). The van der Waals surface area contributed by atoms with E-state index in [0.717, 1.165) is 38.8 Å². The van der Waals surface area contributed by atoms with Crippen molar-refractivity contribution >= 4 is 35.1 Å². The lowest BCUT2D eigenvalue weighted by Crippen LogP contribution is -2.54. The summed E-state index contributed by atoms with van der Waals surface area (Å²) in [5.74, 6) is 0.477. The summed E-state index contributed by atoms with van der Waals surface area (Å²) < 4.78 is 5.46. The van der Waals surface area contributed by atoms with E-state index in [1.54, 1.807) is 30.3 Å². The predicted molar refractivity (Wildman–Crippen MR) is 137 cm³/mol. The van der Waals surface area contributed by atoms with Crippen molar-refractivity contribution in [1.82, 2.24) is 20.1 Å². The summed E-state index contributed by atoms with van der Waals surface area (Å²) >= 11 is 5.86. The number of nitrogens with one attached hydrogen (secondary N) is 2. The van der Waals surface area contributed by atoms with Crippen molar-refractivity contribution in [3.8, 4) is 5.75 Å². The van der Waals surface area contributed by atoms with Crippen molar-refractivity contribution in [1.29, 1.82) is 0 Å². The van der Waals surface area contributed by atoms with Crippen LogP contribution in [0, 0.1) is 0 Å². The third kappa shape index (κ3) is 6.33. The number of halogens is 1. The normalized spacial score (nSPS) is 20.6. The number of hydrogen-bond donors (Lipinski definition) is 2. The molecule has 4 rings (SSSR count). The molecule has 2 aliphatic rings. The van der Waals surface area contributed by atoms with E-state index in [1.165, 1.54) is 13.3 Å². The van der Waals surface area contributed by atoms with Crippen molar-refractivity contribution in [2.75, 3.05) is 39.1 Å². The topological polar surface area (TPSA) is 104 Å². The molecule has 9 nitrogen and oxygen atoms in total. The predicted octanol–water partition coefficient (Wildman–Crippen LogP) is 2.74. The van der Waals surface area contributed by atoms with E-state index >= 15 is 0 Å². The second-order valence-electron chi connectivity index (χ2n) is 9.38. The van der Waals surface area contributed by atoms with Gasteiger partial charge in [-0.1, -0.05) is 17.7 Å². The average Bonchev–Trinajstić information content (AvgIpc) is 2.86. The van der Waals surface area contributed by atoms with Crippen LogP contribution in [0.1, 0.15) is 41.6 Å². The number of aromatic nitrogens is 1. The first-order valence-electron chi connectivity index (χ1n) is 12.2. The second-order valence-corrected chi connectivity index (χ2v) is 9.81. The van der Waals surface area contributed by atoms with Crippen LogP contribution in [0.5, 0.6) is 5.75 Å². The molecule has 2 aromatic rings. The minimum absolute atomic E-state index is 0.0162. The van der Waals surface area contributed by atoms with Crippen LogP contribution in [0.2, 0.25) is 5.02 Å². The number of likely N-dealkylation sites (N-methyl/N-ethyl adjacent to an activating group) is 1. The summed E-state index contributed by atoms with van der Waals surface area (Å²) in [5, 5.41) is 6.33. The fourth-order valence-corrected chi connectivity index (χ4v) is 5.05. The molecule has 192 valence electrons. The van der Waals surface area contributed by atoms with Crippen molar-refractivity contribution in [3.05, 3.63) is 52.7 Å². The van der Waals surface area contributed by atoms with Gasteiger partial charge in [0.2, 0.25) is 11.8 Å². The SMILES string of the molecule is COc1cccc(C(=O)NC2CCC(N3CCN(C)CC3=O)CC2)c1CC(=O)Nc1ccc(Cl)cn1. The molecule has 1 saturated carbocycles. The molecule has 2 N–H and O–H groups in total. The van der Waals surface area contributed by atoms with Gasteiger partial charge in [-0.3, -0.25) is 19.3 Å². The molecule has 0 atom stereocenters. The molecule has 0 radical (unpaired) electrons. The molecule has 1 saturated heterocycles. The van der Waals surface area contributed by atoms with Gasteiger partial charge in [-0.2, -0.15) is 0 Å². The first-order valence-corrected chi connectivity index (χ1v) is 12.6. The molecule has 0 spiro atoms. The fourth-order valence-electron chi connectivity index (χ4n) is 4.93. The van der Waals surface area contributed by atoms with Gasteiger partial charge in [0.25, 0.3) is 5.91 Å². The van der Waals surface area contributed by atoms with E-state index in [0.29, 0.717) is 34.3 Å². The molecule has 2 fully saturated rings. The highest BCUT2D eigenvalue weighted by Crippen LogP contribution is 2.27. The number of benzene rings is 1. The molecule has 1 aromatic carbocycles. The summed E-state index contributed by atoms with van der Waals surface area (Å²) in [6.45, 7) is 2.12. The van der Waals surface area contributed by atoms with E-state index in [4.69, 9.17) is 16.3 Å². The fraction of sp³-hybridized carbons (Fsp3) is 0.462. The molecule has 1 aliphatic heterocycles. The first-order chi connectivity index (χ1) is 17.3. The quantitative estimate of drug-likeness (QED) is 0.590. The maximum absolute atomic E-state index is 13.3. The van der Waals surface area contributed by atoms with Gasteiger partial charge in [0, 0.05) is 42.5 Å². The highest BCUT2D eigenvalue weighted by Gasteiger charge is 2.32. The molecule has 1 aromatic heterocycles. The number of hydrogen-bond acceptors (Lipinski definition) is 6. The summed E-state index contributed by atoms with van der Waals surface area (Å²) in [7, 11) is 3.48. The van der Waals surface area contributed by atoms with Crippen LogP contribution in [-0.4, -0.2) is 78.4 Å². The van der Waals surface area contributed by atoms with Crippen LogP contribution in [0.15, 0.2) is 36.5 Å². The van der Waals surface area contributed by atoms with Crippen LogP contribution in [0.25, 0.3) is 0 Å². The number of methoxy groups -OCH3 is 1. The number of carbonyl (C=O) groups excluding carboxylic acids is 3. The third-order valence-corrected chi connectivity index (χ3v) is 7.07. The monoisotopic (exact) mass is 513 g/mol. The van der Waals surface area contributed by atoms with Gasteiger partial charge in [-0.15, -0.1) is 0 Å². The second kappa shape index (κ2) is 11.7. The van der Waals surface area contributed by atoms with E-state index in [2.05, 4.69) is 15.6 Å². The molecule has 0 unspecified atom stereocenters. The summed E-state index contributed by atoms with van der Waals surface area (Å²) in [6, 6.07) is 8.68. The Morgan fingerprint density at radius 3 is 2.58 bits per heavy atom.